The summed E-state index contributed by atoms with van der Waals surface area (Å²) in [7, 11) is 0. The first kappa shape index (κ1) is 25.1. The molecule has 0 spiro atoms. The summed E-state index contributed by atoms with van der Waals surface area (Å²) >= 11 is 4.96. The van der Waals surface area contributed by atoms with Gasteiger partial charge in [0.2, 0.25) is 0 Å². The molecule has 1 amide bonds. The third kappa shape index (κ3) is 6.38. The van der Waals surface area contributed by atoms with Crippen LogP contribution in [-0.2, 0) is 17.8 Å². The maximum absolute atomic E-state index is 14.0. The van der Waals surface area contributed by atoms with Gasteiger partial charge in [-0.15, -0.1) is 0 Å². The summed E-state index contributed by atoms with van der Waals surface area (Å²) in [4.78, 5) is 13.2. The number of thioether (sulfide) groups is 1. The summed E-state index contributed by atoms with van der Waals surface area (Å²) < 4.78 is 26.3. The zero-order chi connectivity index (χ0) is 24.8. The van der Waals surface area contributed by atoms with E-state index in [4.69, 9.17) is 9.47 Å². The van der Waals surface area contributed by atoms with E-state index in [1.54, 1.807) is 18.2 Å². The minimum atomic E-state index is -0.323. The number of amides is 1. The summed E-state index contributed by atoms with van der Waals surface area (Å²) in [6.07, 6.45) is 2.80. The number of aryl methyl sites for hydroxylation is 1. The molecule has 8 heteroatoms. The maximum atomic E-state index is 14.0. The topological polar surface area (TPSA) is 59.6 Å². The average molecular weight is 557 g/mol. The number of anilines is 1. The van der Waals surface area contributed by atoms with Crippen molar-refractivity contribution in [2.24, 2.45) is 0 Å². The zero-order valence-corrected chi connectivity index (χ0v) is 21.8. The lowest BCUT2D eigenvalue weighted by atomic mass is 10.1. The molecule has 1 atom stereocenters. The second-order valence-corrected chi connectivity index (χ2v) is 9.82. The van der Waals surface area contributed by atoms with Gasteiger partial charge >= 0.3 is 0 Å². The van der Waals surface area contributed by atoms with Crippen LogP contribution in [0.1, 0.15) is 30.5 Å². The molecule has 5 nitrogen and oxygen atoms in total. The fraction of sp³-hybridized carbons (Fsp3) is 0.222. The van der Waals surface area contributed by atoms with Crippen molar-refractivity contribution in [1.82, 2.24) is 5.32 Å². The summed E-state index contributed by atoms with van der Waals surface area (Å²) in [6, 6.07) is 18.3. The van der Waals surface area contributed by atoms with E-state index in [1.807, 2.05) is 37.3 Å². The summed E-state index contributed by atoms with van der Waals surface area (Å²) in [5, 5.41) is 6.29. The molecule has 4 rings (SSSR count). The summed E-state index contributed by atoms with van der Waals surface area (Å²) in [5.74, 6) is 0.526. The third-order valence-corrected chi connectivity index (χ3v) is 6.97. The van der Waals surface area contributed by atoms with Crippen LogP contribution in [0.15, 0.2) is 70.0 Å². The number of nitrogens with one attached hydrogen (secondary N) is 2. The van der Waals surface area contributed by atoms with Crippen molar-refractivity contribution in [2.45, 2.75) is 32.4 Å². The van der Waals surface area contributed by atoms with Crippen molar-refractivity contribution in [3.05, 3.63) is 92.5 Å². The second-order valence-electron chi connectivity index (χ2n) is 7.82. The van der Waals surface area contributed by atoms with Gasteiger partial charge in [-0.1, -0.05) is 49.0 Å². The molecule has 1 aliphatic rings. The molecule has 182 valence electrons. The molecule has 2 N–H and O–H groups in total. The van der Waals surface area contributed by atoms with Crippen LogP contribution < -0.4 is 20.1 Å². The van der Waals surface area contributed by atoms with Gasteiger partial charge in [-0.05, 0) is 76.8 Å². The first-order valence-electron chi connectivity index (χ1n) is 11.3. The SMILES string of the molecule is CCOc1cc(/C=C2\S[C@H](Nc3ccc(CC)cc3)NC2=O)cc(Br)c1OCc1ccccc1F. The maximum Gasteiger partial charge on any atom is 0.260 e. The lowest BCUT2D eigenvalue weighted by Crippen LogP contribution is -2.30. The lowest BCUT2D eigenvalue weighted by molar-refractivity contribution is -0.116. The molecule has 0 bridgehead atoms. The molecule has 0 radical (unpaired) electrons. The smallest absolute Gasteiger partial charge is 0.260 e. The Hall–Kier alpha value is -2.97. The van der Waals surface area contributed by atoms with Gasteiger partial charge in [0.05, 0.1) is 16.0 Å². The Morgan fingerprint density at radius 1 is 1.11 bits per heavy atom. The highest BCUT2D eigenvalue weighted by atomic mass is 79.9. The minimum absolute atomic E-state index is 0.0661. The fourth-order valence-corrected chi connectivity index (χ4v) is 5.10. The summed E-state index contributed by atoms with van der Waals surface area (Å²) in [5.41, 5.74) is 3.17. The first-order chi connectivity index (χ1) is 17.0. The van der Waals surface area contributed by atoms with Crippen LogP contribution in [0, 0.1) is 5.82 Å². The average Bonchev–Trinajstić information content (AvgIpc) is 3.18. The predicted molar refractivity (Wildman–Crippen MR) is 143 cm³/mol. The fourth-order valence-electron chi connectivity index (χ4n) is 3.54. The molecule has 1 fully saturated rings. The van der Waals surface area contributed by atoms with Crippen molar-refractivity contribution < 1.29 is 18.7 Å². The van der Waals surface area contributed by atoms with Gasteiger partial charge < -0.3 is 20.1 Å². The lowest BCUT2D eigenvalue weighted by Gasteiger charge is -2.15. The van der Waals surface area contributed by atoms with Crippen molar-refractivity contribution >= 4 is 45.4 Å². The molecule has 35 heavy (non-hydrogen) atoms. The van der Waals surface area contributed by atoms with Crippen LogP contribution in [0.2, 0.25) is 0 Å². The molecule has 3 aromatic carbocycles. The number of hydrogen-bond acceptors (Lipinski definition) is 5. The molecular weight excluding hydrogens is 531 g/mol. The molecular formula is C27H26BrFN2O3S. The van der Waals surface area contributed by atoms with E-state index in [0.717, 1.165) is 17.7 Å². The van der Waals surface area contributed by atoms with Crippen LogP contribution in [-0.4, -0.2) is 18.0 Å². The standard InChI is InChI=1S/C27H26BrFN2O3S/c1-3-17-9-11-20(12-10-17)30-27-31-26(32)24(35-27)15-18-13-21(28)25(23(14-18)33-4-2)34-16-19-7-5-6-8-22(19)29/h5-15,27,30H,3-4,16H2,1-2H3,(H,31,32)/b24-15-/t27-/m1/s1. The van der Waals surface area contributed by atoms with Crippen LogP contribution in [0.3, 0.4) is 0 Å². The molecule has 3 aromatic rings. The van der Waals surface area contributed by atoms with Gasteiger partial charge in [0.15, 0.2) is 17.0 Å². The van der Waals surface area contributed by atoms with Crippen LogP contribution in [0.5, 0.6) is 11.5 Å². The highest BCUT2D eigenvalue weighted by Crippen LogP contribution is 2.39. The van der Waals surface area contributed by atoms with Crippen LogP contribution in [0.25, 0.3) is 6.08 Å². The highest BCUT2D eigenvalue weighted by Gasteiger charge is 2.27. The molecule has 1 saturated heterocycles. The molecule has 0 unspecified atom stereocenters. The number of carbonyl (C=O) groups is 1. The van der Waals surface area contributed by atoms with Crippen LogP contribution in [0.4, 0.5) is 10.1 Å². The third-order valence-electron chi connectivity index (χ3n) is 5.35. The quantitative estimate of drug-likeness (QED) is 0.286. The molecule has 0 aromatic heterocycles. The number of hydrogen-bond donors (Lipinski definition) is 2. The van der Waals surface area contributed by atoms with Gasteiger partial charge in [-0.25, -0.2) is 4.39 Å². The van der Waals surface area contributed by atoms with E-state index < -0.39 is 0 Å². The van der Waals surface area contributed by atoms with Gasteiger partial charge in [0.25, 0.3) is 5.91 Å². The molecule has 0 aliphatic carbocycles. The van der Waals surface area contributed by atoms with E-state index >= 15 is 0 Å². The van der Waals surface area contributed by atoms with Gasteiger partial charge in [-0.2, -0.15) is 0 Å². The Morgan fingerprint density at radius 2 is 1.89 bits per heavy atom. The van der Waals surface area contributed by atoms with E-state index in [-0.39, 0.29) is 23.8 Å². The Bertz CT molecular complexity index is 1230. The highest BCUT2D eigenvalue weighted by molar-refractivity contribution is 9.10. The van der Waals surface area contributed by atoms with Gasteiger partial charge in [-0.3, -0.25) is 4.79 Å². The Balaban J connectivity index is 1.50. The van der Waals surface area contributed by atoms with Gasteiger partial charge in [0.1, 0.15) is 12.4 Å². The predicted octanol–water partition coefficient (Wildman–Crippen LogP) is 6.73. The number of ether oxygens (including phenoxy) is 2. The summed E-state index contributed by atoms with van der Waals surface area (Å²) in [6.45, 7) is 4.49. The van der Waals surface area contributed by atoms with Crippen molar-refractivity contribution in [3.63, 3.8) is 0 Å². The molecule has 0 saturated carbocycles. The first-order valence-corrected chi connectivity index (χ1v) is 13.0. The largest absolute Gasteiger partial charge is 0.490 e. The van der Waals surface area contributed by atoms with E-state index in [9.17, 15) is 9.18 Å². The second kappa shape index (κ2) is 11.6. The monoisotopic (exact) mass is 556 g/mol. The molecule has 1 heterocycles. The number of halogens is 2. The van der Waals surface area contributed by atoms with Crippen molar-refractivity contribution in [1.29, 1.82) is 0 Å². The Kier molecular flexibility index (Phi) is 8.36. The normalized spacial score (nSPS) is 16.3. The van der Waals surface area contributed by atoms with E-state index in [1.165, 1.54) is 23.4 Å². The van der Waals surface area contributed by atoms with E-state index in [2.05, 4.69) is 45.6 Å². The minimum Gasteiger partial charge on any atom is -0.490 e. The van der Waals surface area contributed by atoms with Crippen LogP contribution >= 0.6 is 27.7 Å². The Labute approximate surface area is 217 Å². The molecule has 1 aliphatic heterocycles. The number of benzene rings is 3. The zero-order valence-electron chi connectivity index (χ0n) is 19.4. The van der Waals surface area contributed by atoms with E-state index in [0.29, 0.717) is 33.0 Å². The Morgan fingerprint density at radius 3 is 2.60 bits per heavy atom. The van der Waals surface area contributed by atoms with Crippen molar-refractivity contribution in [2.75, 3.05) is 11.9 Å². The van der Waals surface area contributed by atoms with Crippen molar-refractivity contribution in [3.8, 4) is 11.5 Å². The number of carbonyl (C=O) groups excluding carboxylic acids is 1. The number of rotatable bonds is 9. The van der Waals surface area contributed by atoms with Gasteiger partial charge in [0, 0.05) is 11.3 Å².